The third-order valence-electron chi connectivity index (χ3n) is 9.02. The smallest absolute Gasteiger partial charge is 0.245 e. The second kappa shape index (κ2) is 21.0. The molecule has 0 unspecified atom stereocenters. The molecule has 0 aliphatic rings. The number of aliphatic imine (C=N–C) groups is 1. The number of nitrogens with two attached hydrogens (primary N) is 3. The van der Waals surface area contributed by atoms with Crippen molar-refractivity contribution in [2.24, 2.45) is 22.2 Å². The molecule has 0 saturated heterocycles. The Morgan fingerprint density at radius 1 is 0.719 bits per heavy atom. The number of para-hydroxylation sites is 1. The quantitative estimate of drug-likeness (QED) is 0.0360. The predicted molar refractivity (Wildman–Crippen MR) is 217 cm³/mol. The van der Waals surface area contributed by atoms with Gasteiger partial charge in [0.05, 0.1) is 6.54 Å². The van der Waals surface area contributed by atoms with Gasteiger partial charge in [0.1, 0.15) is 24.2 Å². The Labute approximate surface area is 335 Å². The van der Waals surface area contributed by atoms with Crippen molar-refractivity contribution in [2.45, 2.75) is 63.2 Å². The van der Waals surface area contributed by atoms with Crippen LogP contribution in [0, 0.1) is 0 Å². The number of aromatic amines is 1. The standard InChI is InChI=1S/C40H49ClN10O6/c1-24(52)47-32(20-26-14-16-28(41)17-15-26)37(55)49-33(19-25-9-4-3-5-10-25)38(56)48-31(13-8-18-45-40(43)44)36(54)50-34(39(57)51(2)23-35(42)53)21-27-22-46-30-12-7-6-11-29(27)30/h3-7,9-12,14-17,22,31-34,46H,8,13,18-21,23H2,1-2H3,(H2,42,53)(H,47,52)(H,48,56)(H,49,55)(H,50,54)(H4,43,44,45)/t31-,32-,33+,34-/m0/s1. The number of nitrogens with one attached hydrogen (secondary N) is 5. The molecule has 0 spiro atoms. The number of primary amides is 1. The number of rotatable bonds is 20. The third-order valence-corrected chi connectivity index (χ3v) is 9.28. The first-order chi connectivity index (χ1) is 27.2. The van der Waals surface area contributed by atoms with Gasteiger partial charge >= 0.3 is 0 Å². The van der Waals surface area contributed by atoms with Gasteiger partial charge in [0.25, 0.3) is 0 Å². The summed E-state index contributed by atoms with van der Waals surface area (Å²) in [5, 5.41) is 12.3. The molecule has 302 valence electrons. The topological polar surface area (TPSA) is 260 Å². The number of nitrogens with zero attached hydrogens (tertiary/aromatic N) is 2. The number of hydrogen-bond acceptors (Lipinski definition) is 7. The molecule has 1 heterocycles. The van der Waals surface area contributed by atoms with E-state index >= 15 is 0 Å². The Morgan fingerprint density at radius 2 is 1.28 bits per heavy atom. The van der Waals surface area contributed by atoms with Gasteiger partial charge in [0.15, 0.2) is 5.96 Å². The molecule has 4 rings (SSSR count). The Balaban J connectivity index is 1.63. The van der Waals surface area contributed by atoms with Crippen molar-refractivity contribution in [1.82, 2.24) is 31.2 Å². The maximum Gasteiger partial charge on any atom is 0.245 e. The van der Waals surface area contributed by atoms with E-state index in [-0.39, 0.29) is 44.6 Å². The highest BCUT2D eigenvalue weighted by atomic mass is 35.5. The fourth-order valence-electron chi connectivity index (χ4n) is 6.26. The van der Waals surface area contributed by atoms with Crippen LogP contribution in [0.4, 0.5) is 0 Å². The summed E-state index contributed by atoms with van der Waals surface area (Å²) in [6, 6.07) is 18.5. The summed E-state index contributed by atoms with van der Waals surface area (Å²) in [5.41, 5.74) is 19.4. The van der Waals surface area contributed by atoms with Crippen molar-refractivity contribution < 1.29 is 28.8 Å². The molecule has 0 aliphatic heterocycles. The second-order valence-electron chi connectivity index (χ2n) is 13.6. The molecular formula is C40H49ClN10O6. The lowest BCUT2D eigenvalue weighted by Crippen LogP contribution is -2.59. The van der Waals surface area contributed by atoms with Crippen LogP contribution in [0.25, 0.3) is 10.9 Å². The number of hydrogen-bond donors (Lipinski definition) is 8. The molecule has 16 nitrogen and oxygen atoms in total. The van der Waals surface area contributed by atoms with Gasteiger partial charge in [-0.1, -0.05) is 72.3 Å². The van der Waals surface area contributed by atoms with Crippen molar-refractivity contribution in [3.8, 4) is 0 Å². The number of amides is 6. The molecule has 11 N–H and O–H groups in total. The number of carbonyl (C=O) groups is 6. The fraction of sp³-hybridized carbons (Fsp3) is 0.325. The number of guanidine groups is 1. The van der Waals surface area contributed by atoms with Gasteiger partial charge in [-0.2, -0.15) is 0 Å². The van der Waals surface area contributed by atoms with Crippen molar-refractivity contribution in [3.63, 3.8) is 0 Å². The van der Waals surface area contributed by atoms with E-state index in [1.165, 1.54) is 14.0 Å². The van der Waals surface area contributed by atoms with Gasteiger partial charge in [-0.15, -0.1) is 0 Å². The number of fused-ring (bicyclic) bond motifs is 1. The van der Waals surface area contributed by atoms with Crippen molar-refractivity contribution >= 4 is 63.9 Å². The number of aromatic nitrogens is 1. The van der Waals surface area contributed by atoms with E-state index in [9.17, 15) is 28.8 Å². The number of likely N-dealkylation sites (N-methyl/N-ethyl adjacent to an activating group) is 1. The number of halogens is 1. The Kier molecular flexibility index (Phi) is 16.0. The van der Waals surface area contributed by atoms with Crippen molar-refractivity contribution in [3.05, 3.63) is 107 Å². The molecule has 0 radical (unpaired) electrons. The highest BCUT2D eigenvalue weighted by Gasteiger charge is 2.33. The van der Waals surface area contributed by atoms with Crippen LogP contribution in [0.3, 0.4) is 0 Å². The highest BCUT2D eigenvalue weighted by molar-refractivity contribution is 6.30. The SMILES string of the molecule is CC(=O)N[C@@H](Cc1ccc(Cl)cc1)C(=O)N[C@H](Cc1ccccc1)C(=O)N[C@@H](CCCN=C(N)N)C(=O)N[C@@H](Cc1c[nH]c2ccccc12)C(=O)N(C)CC(N)=O. The molecule has 4 aromatic rings. The molecular weight excluding hydrogens is 752 g/mol. The number of H-pyrrole nitrogens is 1. The number of carbonyl (C=O) groups excluding carboxylic acids is 6. The maximum absolute atomic E-state index is 14.2. The molecule has 57 heavy (non-hydrogen) atoms. The first-order valence-electron chi connectivity index (χ1n) is 18.3. The molecule has 4 atom stereocenters. The molecule has 0 bridgehead atoms. The van der Waals surface area contributed by atoms with E-state index < -0.39 is 66.2 Å². The highest BCUT2D eigenvalue weighted by Crippen LogP contribution is 2.20. The van der Waals surface area contributed by atoms with Gasteiger partial charge < -0.3 is 48.4 Å². The molecule has 3 aromatic carbocycles. The summed E-state index contributed by atoms with van der Waals surface area (Å²) in [5.74, 6) is -3.98. The van der Waals surface area contributed by atoms with Gasteiger partial charge in [-0.25, -0.2) is 0 Å². The summed E-state index contributed by atoms with van der Waals surface area (Å²) in [7, 11) is 1.40. The van der Waals surface area contributed by atoms with Crippen LogP contribution < -0.4 is 38.5 Å². The van der Waals surface area contributed by atoms with Crippen molar-refractivity contribution in [2.75, 3.05) is 20.1 Å². The summed E-state index contributed by atoms with van der Waals surface area (Å²) < 4.78 is 0. The lowest BCUT2D eigenvalue weighted by molar-refractivity contribution is -0.138. The third kappa shape index (κ3) is 13.7. The second-order valence-corrected chi connectivity index (χ2v) is 14.1. The molecule has 1 aromatic heterocycles. The zero-order chi connectivity index (χ0) is 41.5. The van der Waals surface area contributed by atoms with Gasteiger partial charge in [0, 0.05) is 61.9 Å². The van der Waals surface area contributed by atoms with Crippen LogP contribution in [-0.2, 0) is 48.0 Å². The predicted octanol–water partition coefficient (Wildman–Crippen LogP) is 0.806. The summed E-state index contributed by atoms with van der Waals surface area (Å²) in [6.07, 6.45) is 2.20. The minimum atomic E-state index is -1.23. The van der Waals surface area contributed by atoms with Gasteiger partial charge in [0.2, 0.25) is 35.4 Å². The largest absolute Gasteiger partial charge is 0.370 e. The number of benzene rings is 3. The van der Waals surface area contributed by atoms with Gasteiger partial charge in [-0.3, -0.25) is 33.8 Å². The zero-order valence-corrected chi connectivity index (χ0v) is 32.6. The average Bonchev–Trinajstić information content (AvgIpc) is 3.58. The fourth-order valence-corrected chi connectivity index (χ4v) is 6.38. The average molecular weight is 801 g/mol. The van der Waals surface area contributed by atoms with Crippen LogP contribution in [0.15, 0.2) is 90.1 Å². The minimum Gasteiger partial charge on any atom is -0.370 e. The Hall–Kier alpha value is -6.42. The monoisotopic (exact) mass is 800 g/mol. The molecule has 17 heteroatoms. The van der Waals surface area contributed by atoms with E-state index in [0.717, 1.165) is 21.4 Å². The maximum atomic E-state index is 14.2. The first kappa shape index (κ1) is 43.3. The Morgan fingerprint density at radius 3 is 1.91 bits per heavy atom. The van der Waals surface area contributed by atoms with Gasteiger partial charge in [-0.05, 0) is 47.7 Å². The normalized spacial score (nSPS) is 13.0. The van der Waals surface area contributed by atoms with Crippen LogP contribution in [0.5, 0.6) is 0 Å². The van der Waals surface area contributed by atoms with Crippen LogP contribution in [0.2, 0.25) is 5.02 Å². The Bertz CT molecular complexity index is 2050. The molecule has 0 saturated carbocycles. The molecule has 0 aliphatic carbocycles. The zero-order valence-electron chi connectivity index (χ0n) is 31.8. The molecule has 0 fully saturated rings. The van der Waals surface area contributed by atoms with Crippen LogP contribution in [-0.4, -0.2) is 95.6 Å². The lowest BCUT2D eigenvalue weighted by atomic mass is 10.0. The lowest BCUT2D eigenvalue weighted by Gasteiger charge is -2.28. The van der Waals surface area contributed by atoms with E-state index in [1.54, 1.807) is 54.7 Å². The minimum absolute atomic E-state index is 0.0358. The summed E-state index contributed by atoms with van der Waals surface area (Å²) in [4.78, 5) is 88.2. The molecule has 6 amide bonds. The van der Waals surface area contributed by atoms with E-state index in [1.807, 2.05) is 30.3 Å². The van der Waals surface area contributed by atoms with E-state index in [4.69, 9.17) is 28.8 Å². The summed E-state index contributed by atoms with van der Waals surface area (Å²) >= 11 is 6.04. The first-order valence-corrected chi connectivity index (χ1v) is 18.7. The van der Waals surface area contributed by atoms with Crippen LogP contribution >= 0.6 is 11.6 Å². The van der Waals surface area contributed by atoms with E-state index in [2.05, 4.69) is 31.2 Å². The van der Waals surface area contributed by atoms with Crippen molar-refractivity contribution in [1.29, 1.82) is 0 Å². The summed E-state index contributed by atoms with van der Waals surface area (Å²) in [6.45, 7) is 1.02. The van der Waals surface area contributed by atoms with Crippen LogP contribution in [0.1, 0.15) is 36.5 Å². The van der Waals surface area contributed by atoms with E-state index in [0.29, 0.717) is 16.1 Å².